The SMILES string of the molecule is CC(C)(C)OC(=O)N(/C=C(/C#N)C(=O)Nc1cc(Cl)ccc1Cl)CCN. The number of carbonyl (C=O) groups is 2. The van der Waals surface area contributed by atoms with Crippen molar-refractivity contribution in [1.82, 2.24) is 4.90 Å². The second-order valence-electron chi connectivity index (χ2n) is 6.20. The molecule has 2 amide bonds. The number of amides is 2. The van der Waals surface area contributed by atoms with E-state index in [0.717, 1.165) is 11.1 Å². The average molecular weight is 399 g/mol. The van der Waals surface area contributed by atoms with Crippen LogP contribution in [0, 0.1) is 11.3 Å². The smallest absolute Gasteiger partial charge is 0.414 e. The third kappa shape index (κ3) is 6.92. The molecule has 1 aromatic rings. The summed E-state index contributed by atoms with van der Waals surface area (Å²) < 4.78 is 5.24. The van der Waals surface area contributed by atoms with Crippen molar-refractivity contribution >= 4 is 40.9 Å². The Kier molecular flexibility index (Phi) is 7.90. The molecule has 0 atom stereocenters. The number of benzene rings is 1. The van der Waals surface area contributed by atoms with Gasteiger partial charge in [-0.25, -0.2) is 4.79 Å². The summed E-state index contributed by atoms with van der Waals surface area (Å²) in [6.45, 7) is 5.30. The van der Waals surface area contributed by atoms with Crippen LogP contribution in [0.5, 0.6) is 0 Å². The molecule has 140 valence electrons. The Bertz CT molecular complexity index is 751. The number of ether oxygens (including phenoxy) is 1. The average Bonchev–Trinajstić information content (AvgIpc) is 2.53. The predicted molar refractivity (Wildman–Crippen MR) is 101 cm³/mol. The van der Waals surface area contributed by atoms with E-state index in [1.807, 2.05) is 0 Å². The first-order valence-corrected chi connectivity index (χ1v) is 8.41. The highest BCUT2D eigenvalue weighted by molar-refractivity contribution is 6.35. The Morgan fingerprint density at radius 2 is 2.04 bits per heavy atom. The van der Waals surface area contributed by atoms with Gasteiger partial charge in [-0.2, -0.15) is 5.26 Å². The molecule has 0 heterocycles. The molecule has 0 radical (unpaired) electrons. The highest BCUT2D eigenvalue weighted by Crippen LogP contribution is 2.25. The van der Waals surface area contributed by atoms with Crippen molar-refractivity contribution in [3.8, 4) is 6.07 Å². The van der Waals surface area contributed by atoms with Crippen molar-refractivity contribution in [2.45, 2.75) is 26.4 Å². The van der Waals surface area contributed by atoms with E-state index >= 15 is 0 Å². The Morgan fingerprint density at radius 3 is 2.58 bits per heavy atom. The van der Waals surface area contributed by atoms with Crippen LogP contribution in [0.2, 0.25) is 10.0 Å². The number of anilines is 1. The molecular weight excluding hydrogens is 379 g/mol. The Labute approximate surface area is 162 Å². The molecule has 0 aliphatic heterocycles. The van der Waals surface area contributed by atoms with E-state index in [0.29, 0.717) is 5.02 Å². The van der Waals surface area contributed by atoms with Crippen molar-refractivity contribution in [1.29, 1.82) is 5.26 Å². The summed E-state index contributed by atoms with van der Waals surface area (Å²) in [6, 6.07) is 6.26. The summed E-state index contributed by atoms with van der Waals surface area (Å²) in [5.74, 6) is -0.748. The van der Waals surface area contributed by atoms with E-state index in [-0.39, 0.29) is 29.4 Å². The molecule has 0 aliphatic rings. The van der Waals surface area contributed by atoms with Gasteiger partial charge in [0, 0.05) is 24.3 Å². The van der Waals surface area contributed by atoms with E-state index in [1.165, 1.54) is 12.1 Å². The molecule has 0 saturated heterocycles. The number of nitriles is 1. The minimum absolute atomic E-state index is 0.0747. The Hall–Kier alpha value is -2.27. The van der Waals surface area contributed by atoms with Crippen molar-refractivity contribution < 1.29 is 14.3 Å². The second kappa shape index (κ2) is 9.43. The van der Waals surface area contributed by atoms with E-state index in [2.05, 4.69) is 5.32 Å². The normalized spacial score (nSPS) is 11.5. The number of carbonyl (C=O) groups excluding carboxylic acids is 2. The summed E-state index contributed by atoms with van der Waals surface area (Å²) in [5.41, 5.74) is 4.68. The third-order valence-corrected chi connectivity index (χ3v) is 3.39. The molecule has 0 unspecified atom stereocenters. The highest BCUT2D eigenvalue weighted by Gasteiger charge is 2.22. The van der Waals surface area contributed by atoms with Gasteiger partial charge in [0.25, 0.3) is 5.91 Å². The largest absolute Gasteiger partial charge is 0.443 e. The Morgan fingerprint density at radius 1 is 1.38 bits per heavy atom. The fraction of sp³-hybridized carbons (Fsp3) is 0.353. The fourth-order valence-electron chi connectivity index (χ4n) is 1.75. The topological polar surface area (TPSA) is 108 Å². The number of hydrogen-bond donors (Lipinski definition) is 2. The fourth-order valence-corrected chi connectivity index (χ4v) is 2.08. The first-order valence-electron chi connectivity index (χ1n) is 7.65. The minimum Gasteiger partial charge on any atom is -0.443 e. The van der Waals surface area contributed by atoms with Crippen LogP contribution in [0.4, 0.5) is 10.5 Å². The monoisotopic (exact) mass is 398 g/mol. The van der Waals surface area contributed by atoms with E-state index in [9.17, 15) is 14.9 Å². The minimum atomic E-state index is -0.748. The summed E-state index contributed by atoms with van der Waals surface area (Å²) in [6.07, 6.45) is 0.374. The molecule has 0 saturated carbocycles. The molecule has 0 spiro atoms. The van der Waals surface area contributed by atoms with Crippen molar-refractivity contribution in [2.24, 2.45) is 5.73 Å². The molecule has 0 fully saturated rings. The van der Waals surface area contributed by atoms with Crippen LogP contribution in [0.1, 0.15) is 20.8 Å². The molecule has 0 bridgehead atoms. The lowest BCUT2D eigenvalue weighted by molar-refractivity contribution is -0.112. The number of nitrogens with two attached hydrogens (primary N) is 1. The van der Waals surface area contributed by atoms with E-state index < -0.39 is 17.6 Å². The van der Waals surface area contributed by atoms with Gasteiger partial charge in [-0.3, -0.25) is 9.69 Å². The van der Waals surface area contributed by atoms with Crippen molar-refractivity contribution in [3.63, 3.8) is 0 Å². The lowest BCUT2D eigenvalue weighted by atomic mass is 10.2. The molecule has 0 aromatic heterocycles. The lowest BCUT2D eigenvalue weighted by Gasteiger charge is -2.25. The van der Waals surface area contributed by atoms with Gasteiger partial charge in [-0.1, -0.05) is 23.2 Å². The number of halogens is 2. The number of nitrogens with one attached hydrogen (secondary N) is 1. The van der Waals surface area contributed by atoms with Crippen LogP contribution in [0.3, 0.4) is 0 Å². The van der Waals surface area contributed by atoms with Crippen LogP contribution in [-0.4, -0.2) is 35.6 Å². The number of hydrogen-bond acceptors (Lipinski definition) is 5. The molecule has 0 aliphatic carbocycles. The van der Waals surface area contributed by atoms with Crippen molar-refractivity contribution in [3.05, 3.63) is 40.0 Å². The molecule has 1 aromatic carbocycles. The van der Waals surface area contributed by atoms with Gasteiger partial charge >= 0.3 is 6.09 Å². The van der Waals surface area contributed by atoms with Gasteiger partial charge in [-0.05, 0) is 39.0 Å². The molecule has 9 heteroatoms. The molecular formula is C17H20Cl2N4O3. The summed E-state index contributed by atoms with van der Waals surface area (Å²) in [5, 5.41) is 12.4. The molecule has 7 nitrogen and oxygen atoms in total. The zero-order valence-electron chi connectivity index (χ0n) is 14.7. The first-order chi connectivity index (χ1) is 12.1. The predicted octanol–water partition coefficient (Wildman–Crippen LogP) is 3.54. The maximum Gasteiger partial charge on any atom is 0.414 e. The van der Waals surface area contributed by atoms with Crippen LogP contribution >= 0.6 is 23.2 Å². The number of nitrogens with zero attached hydrogens (tertiary/aromatic N) is 2. The second-order valence-corrected chi connectivity index (χ2v) is 7.04. The van der Waals surface area contributed by atoms with Gasteiger partial charge in [-0.15, -0.1) is 0 Å². The first kappa shape index (κ1) is 21.8. The zero-order valence-corrected chi connectivity index (χ0v) is 16.2. The van der Waals surface area contributed by atoms with Crippen LogP contribution in [-0.2, 0) is 9.53 Å². The van der Waals surface area contributed by atoms with Crippen LogP contribution in [0.15, 0.2) is 30.0 Å². The Balaban J connectivity index is 3.04. The summed E-state index contributed by atoms with van der Waals surface area (Å²) in [7, 11) is 0. The zero-order chi connectivity index (χ0) is 19.9. The summed E-state index contributed by atoms with van der Waals surface area (Å²) >= 11 is 11.9. The van der Waals surface area contributed by atoms with E-state index in [4.69, 9.17) is 33.7 Å². The van der Waals surface area contributed by atoms with Crippen LogP contribution < -0.4 is 11.1 Å². The summed E-state index contributed by atoms with van der Waals surface area (Å²) in [4.78, 5) is 25.6. The van der Waals surface area contributed by atoms with Gasteiger partial charge in [0.1, 0.15) is 17.2 Å². The molecule has 3 N–H and O–H groups in total. The highest BCUT2D eigenvalue weighted by atomic mass is 35.5. The molecule has 26 heavy (non-hydrogen) atoms. The lowest BCUT2D eigenvalue weighted by Crippen LogP contribution is -2.37. The maximum absolute atomic E-state index is 12.3. The number of rotatable bonds is 5. The van der Waals surface area contributed by atoms with Gasteiger partial charge in [0.05, 0.1) is 10.7 Å². The van der Waals surface area contributed by atoms with Gasteiger partial charge in [0.2, 0.25) is 0 Å². The van der Waals surface area contributed by atoms with Crippen LogP contribution in [0.25, 0.3) is 0 Å². The quantitative estimate of drug-likeness (QED) is 0.582. The molecule has 1 rings (SSSR count). The van der Waals surface area contributed by atoms with Crippen molar-refractivity contribution in [2.75, 3.05) is 18.4 Å². The standard InChI is InChI=1S/C17H20Cl2N4O3/c1-17(2,3)26-16(25)23(7-6-20)10-11(9-21)15(24)22-14-8-12(18)4-5-13(14)19/h4-5,8,10H,6-7,20H2,1-3H3,(H,22,24)/b11-10-. The van der Waals surface area contributed by atoms with E-state index in [1.54, 1.807) is 32.9 Å². The third-order valence-electron chi connectivity index (χ3n) is 2.82. The van der Waals surface area contributed by atoms with Gasteiger partial charge in [0.15, 0.2) is 0 Å². The maximum atomic E-state index is 12.3. The van der Waals surface area contributed by atoms with Gasteiger partial charge < -0.3 is 15.8 Å².